The average Bonchev–Trinajstić information content (AvgIpc) is 2.62. The molecule has 0 heterocycles. The molecule has 2 aromatic carbocycles. The van der Waals surface area contributed by atoms with Crippen LogP contribution in [0.1, 0.15) is 29.8 Å². The molecule has 24 heavy (non-hydrogen) atoms. The highest BCUT2D eigenvalue weighted by Gasteiger charge is 2.15. The third kappa shape index (κ3) is 4.59. The minimum Gasteiger partial charge on any atom is -0.481 e. The number of hydrogen-bond acceptors (Lipinski definition) is 4. The molecular formula is C19H21NO4. The fraction of sp³-hybridized carbons (Fsp3) is 0.263. The zero-order chi connectivity index (χ0) is 17.5. The van der Waals surface area contributed by atoms with E-state index in [-0.39, 0.29) is 5.91 Å². The summed E-state index contributed by atoms with van der Waals surface area (Å²) in [6.45, 7) is 3.77. The van der Waals surface area contributed by atoms with Crippen LogP contribution >= 0.6 is 0 Å². The number of hydrogen-bond donors (Lipinski definition) is 1. The van der Waals surface area contributed by atoms with Crippen molar-refractivity contribution in [2.45, 2.75) is 26.4 Å². The summed E-state index contributed by atoms with van der Waals surface area (Å²) in [6.07, 6.45) is 0.315. The Bertz CT molecular complexity index is 692. The Hall–Kier alpha value is -2.82. The number of aryl methyl sites for hydroxylation is 1. The molecule has 1 amide bonds. The number of benzene rings is 2. The molecule has 0 spiro atoms. The van der Waals surface area contributed by atoms with Crippen LogP contribution in [-0.4, -0.2) is 25.1 Å². The lowest BCUT2D eigenvalue weighted by Crippen LogP contribution is -2.30. The maximum Gasteiger partial charge on any atom is 0.337 e. The zero-order valence-electron chi connectivity index (χ0n) is 14.0. The van der Waals surface area contributed by atoms with Gasteiger partial charge in [0, 0.05) is 5.69 Å². The molecule has 5 nitrogen and oxygen atoms in total. The summed E-state index contributed by atoms with van der Waals surface area (Å²) in [5.41, 5.74) is 2.23. The van der Waals surface area contributed by atoms with Crippen LogP contribution in [0.2, 0.25) is 0 Å². The van der Waals surface area contributed by atoms with Gasteiger partial charge in [-0.3, -0.25) is 4.79 Å². The fourth-order valence-electron chi connectivity index (χ4n) is 2.11. The van der Waals surface area contributed by atoms with E-state index < -0.39 is 12.1 Å². The molecule has 5 heteroatoms. The molecular weight excluding hydrogens is 306 g/mol. The molecule has 0 saturated heterocycles. The van der Waals surface area contributed by atoms with E-state index in [2.05, 4.69) is 17.0 Å². The van der Waals surface area contributed by atoms with Gasteiger partial charge in [0.05, 0.1) is 12.7 Å². The van der Waals surface area contributed by atoms with E-state index >= 15 is 0 Å². The van der Waals surface area contributed by atoms with E-state index in [1.807, 2.05) is 24.3 Å². The van der Waals surface area contributed by atoms with Gasteiger partial charge in [0.25, 0.3) is 5.91 Å². The highest BCUT2D eigenvalue weighted by molar-refractivity contribution is 5.95. The second-order valence-electron chi connectivity index (χ2n) is 5.32. The molecule has 2 aromatic rings. The van der Waals surface area contributed by atoms with Crippen LogP contribution in [0.5, 0.6) is 5.75 Å². The summed E-state index contributed by atoms with van der Waals surface area (Å²) in [5.74, 6) is -0.0311. The van der Waals surface area contributed by atoms with Crippen molar-refractivity contribution in [1.29, 1.82) is 0 Å². The lowest BCUT2D eigenvalue weighted by Gasteiger charge is -2.15. The number of amides is 1. The first-order chi connectivity index (χ1) is 11.5. The lowest BCUT2D eigenvalue weighted by molar-refractivity contribution is -0.122. The van der Waals surface area contributed by atoms with E-state index in [1.54, 1.807) is 31.2 Å². The van der Waals surface area contributed by atoms with Gasteiger partial charge < -0.3 is 14.8 Å². The lowest BCUT2D eigenvalue weighted by atomic mass is 10.2. The predicted octanol–water partition coefficient (Wildman–Crippen LogP) is 3.44. The summed E-state index contributed by atoms with van der Waals surface area (Å²) in [7, 11) is 1.32. The van der Waals surface area contributed by atoms with Crippen molar-refractivity contribution >= 4 is 17.6 Å². The molecule has 0 aliphatic heterocycles. The molecule has 2 rings (SSSR count). The van der Waals surface area contributed by atoms with Crippen molar-refractivity contribution in [2.75, 3.05) is 12.4 Å². The molecule has 0 saturated carbocycles. The summed E-state index contributed by atoms with van der Waals surface area (Å²) < 4.78 is 10.3. The SMILES string of the molecule is CCc1ccc(OC(C)C(=O)Nc2ccc(C(=O)OC)cc2)cc1. The van der Waals surface area contributed by atoms with Crippen molar-refractivity contribution in [3.63, 3.8) is 0 Å². The number of ether oxygens (including phenoxy) is 2. The van der Waals surface area contributed by atoms with Crippen LogP contribution in [0.15, 0.2) is 48.5 Å². The topological polar surface area (TPSA) is 64.6 Å². The summed E-state index contributed by atoms with van der Waals surface area (Å²) >= 11 is 0. The Morgan fingerprint density at radius 1 is 1.04 bits per heavy atom. The van der Waals surface area contributed by atoms with Crippen LogP contribution in [0.3, 0.4) is 0 Å². The number of anilines is 1. The standard InChI is InChI=1S/C19H21NO4/c1-4-14-5-11-17(12-6-14)24-13(2)18(21)20-16-9-7-15(8-10-16)19(22)23-3/h5-13H,4H2,1-3H3,(H,20,21). The van der Waals surface area contributed by atoms with Crippen molar-refractivity contribution < 1.29 is 19.1 Å². The van der Waals surface area contributed by atoms with Crippen LogP contribution < -0.4 is 10.1 Å². The number of rotatable bonds is 6. The smallest absolute Gasteiger partial charge is 0.337 e. The third-order valence-corrected chi connectivity index (χ3v) is 3.59. The third-order valence-electron chi connectivity index (χ3n) is 3.59. The number of carbonyl (C=O) groups excluding carboxylic acids is 2. The fourth-order valence-corrected chi connectivity index (χ4v) is 2.11. The van der Waals surface area contributed by atoms with Gasteiger partial charge in [-0.05, 0) is 55.3 Å². The molecule has 0 aromatic heterocycles. The molecule has 126 valence electrons. The summed E-state index contributed by atoms with van der Waals surface area (Å²) in [4.78, 5) is 23.6. The highest BCUT2D eigenvalue weighted by atomic mass is 16.5. The second kappa shape index (κ2) is 8.15. The van der Waals surface area contributed by atoms with Gasteiger partial charge in [-0.2, -0.15) is 0 Å². The van der Waals surface area contributed by atoms with Crippen molar-refractivity contribution in [1.82, 2.24) is 0 Å². The quantitative estimate of drug-likeness (QED) is 0.826. The molecule has 0 radical (unpaired) electrons. The second-order valence-corrected chi connectivity index (χ2v) is 5.32. The number of methoxy groups -OCH3 is 1. The molecule has 0 aliphatic rings. The molecule has 0 fully saturated rings. The van der Waals surface area contributed by atoms with Gasteiger partial charge in [-0.15, -0.1) is 0 Å². The normalized spacial score (nSPS) is 11.5. The van der Waals surface area contributed by atoms with Crippen molar-refractivity contribution in [3.8, 4) is 5.75 Å². The van der Waals surface area contributed by atoms with E-state index in [1.165, 1.54) is 12.7 Å². The first-order valence-corrected chi connectivity index (χ1v) is 7.78. The number of carbonyl (C=O) groups is 2. The molecule has 0 bridgehead atoms. The minimum atomic E-state index is -0.641. The van der Waals surface area contributed by atoms with Crippen LogP contribution in [0.4, 0.5) is 5.69 Å². The number of nitrogens with one attached hydrogen (secondary N) is 1. The maximum atomic E-state index is 12.2. The Balaban J connectivity index is 1.94. The maximum absolute atomic E-state index is 12.2. The van der Waals surface area contributed by atoms with E-state index in [9.17, 15) is 9.59 Å². The Morgan fingerprint density at radius 3 is 2.21 bits per heavy atom. The molecule has 1 N–H and O–H groups in total. The van der Waals surface area contributed by atoms with Crippen LogP contribution in [-0.2, 0) is 16.0 Å². The van der Waals surface area contributed by atoms with Gasteiger partial charge >= 0.3 is 5.97 Å². The van der Waals surface area contributed by atoms with E-state index in [4.69, 9.17) is 4.74 Å². The zero-order valence-corrected chi connectivity index (χ0v) is 14.0. The largest absolute Gasteiger partial charge is 0.481 e. The first kappa shape index (κ1) is 17.5. The van der Waals surface area contributed by atoms with E-state index in [0.717, 1.165) is 6.42 Å². The van der Waals surface area contributed by atoms with Crippen molar-refractivity contribution in [2.24, 2.45) is 0 Å². The van der Waals surface area contributed by atoms with Gasteiger partial charge in [0.2, 0.25) is 0 Å². The predicted molar refractivity (Wildman–Crippen MR) is 92.3 cm³/mol. The van der Waals surface area contributed by atoms with Gasteiger partial charge in [-0.25, -0.2) is 4.79 Å². The first-order valence-electron chi connectivity index (χ1n) is 7.78. The summed E-state index contributed by atoms with van der Waals surface area (Å²) in [6, 6.07) is 14.1. The van der Waals surface area contributed by atoms with Crippen molar-refractivity contribution in [3.05, 3.63) is 59.7 Å². The van der Waals surface area contributed by atoms with Crippen LogP contribution in [0.25, 0.3) is 0 Å². The highest BCUT2D eigenvalue weighted by Crippen LogP contribution is 2.16. The Kier molecular flexibility index (Phi) is 5.95. The summed E-state index contributed by atoms with van der Waals surface area (Å²) in [5, 5.41) is 2.75. The minimum absolute atomic E-state index is 0.264. The monoisotopic (exact) mass is 327 g/mol. The van der Waals surface area contributed by atoms with Crippen LogP contribution in [0, 0.1) is 0 Å². The van der Waals surface area contributed by atoms with Gasteiger partial charge in [0.1, 0.15) is 5.75 Å². The van der Waals surface area contributed by atoms with Gasteiger partial charge in [0.15, 0.2) is 6.10 Å². The van der Waals surface area contributed by atoms with Gasteiger partial charge in [-0.1, -0.05) is 19.1 Å². The Morgan fingerprint density at radius 2 is 1.67 bits per heavy atom. The van der Waals surface area contributed by atoms with E-state index in [0.29, 0.717) is 17.0 Å². The number of esters is 1. The average molecular weight is 327 g/mol. The molecule has 0 aliphatic carbocycles. The molecule has 1 atom stereocenters. The molecule has 1 unspecified atom stereocenters. The Labute approximate surface area is 141 Å².